The van der Waals surface area contributed by atoms with E-state index in [1.165, 1.54) is 0 Å². The molecule has 4 rings (SSSR count). The molecular weight excluding hydrogens is 356 g/mol. The van der Waals surface area contributed by atoms with Crippen molar-refractivity contribution in [1.82, 2.24) is 15.1 Å². The summed E-state index contributed by atoms with van der Waals surface area (Å²) >= 11 is 1.69. The number of nitrogens with zero attached hydrogens (tertiary/aromatic N) is 4. The molecular formula is C21H20N4OS. The normalized spacial score (nSPS) is 10.9. The van der Waals surface area contributed by atoms with Crippen molar-refractivity contribution in [3.8, 4) is 34.1 Å². The first-order valence-corrected chi connectivity index (χ1v) is 9.68. The summed E-state index contributed by atoms with van der Waals surface area (Å²) in [7, 11) is 4.01. The van der Waals surface area contributed by atoms with Gasteiger partial charge in [0.15, 0.2) is 0 Å². The minimum atomic E-state index is 0.518. The van der Waals surface area contributed by atoms with E-state index in [0.717, 1.165) is 39.5 Å². The molecule has 0 saturated heterocycles. The molecule has 0 atom stereocenters. The number of hydrogen-bond donors (Lipinski definition) is 0. The molecule has 0 N–H and O–H groups in total. The smallest absolute Gasteiger partial charge is 0.258 e. The van der Waals surface area contributed by atoms with Crippen molar-refractivity contribution in [3.63, 3.8) is 0 Å². The maximum absolute atomic E-state index is 5.48. The summed E-state index contributed by atoms with van der Waals surface area (Å²) in [6, 6.07) is 16.1. The predicted octanol–water partition coefficient (Wildman–Crippen LogP) is 5.16. The molecule has 0 fully saturated rings. The number of hydrogen-bond acceptors (Lipinski definition) is 6. The Kier molecular flexibility index (Phi) is 4.73. The SMILES string of the molecule is CCc1nc(-c2ccc(-c3noc(-c4cccc(N(C)C)c4)n3)cc2)cs1. The van der Waals surface area contributed by atoms with Crippen molar-refractivity contribution in [2.75, 3.05) is 19.0 Å². The Morgan fingerprint density at radius 2 is 1.74 bits per heavy atom. The highest BCUT2D eigenvalue weighted by atomic mass is 32.1. The van der Waals surface area contributed by atoms with Gasteiger partial charge in [-0.1, -0.05) is 42.4 Å². The van der Waals surface area contributed by atoms with Gasteiger partial charge in [-0.3, -0.25) is 0 Å². The summed E-state index contributed by atoms with van der Waals surface area (Å²) in [5.41, 5.74) is 5.02. The van der Waals surface area contributed by atoms with Crippen LogP contribution in [0.15, 0.2) is 58.4 Å². The molecule has 0 bridgehead atoms. The fourth-order valence-electron chi connectivity index (χ4n) is 2.77. The van der Waals surface area contributed by atoms with Crippen molar-refractivity contribution >= 4 is 17.0 Å². The van der Waals surface area contributed by atoms with E-state index in [0.29, 0.717) is 11.7 Å². The monoisotopic (exact) mass is 376 g/mol. The van der Waals surface area contributed by atoms with Crippen LogP contribution in [0.3, 0.4) is 0 Å². The van der Waals surface area contributed by atoms with E-state index in [9.17, 15) is 0 Å². The van der Waals surface area contributed by atoms with Crippen LogP contribution in [-0.4, -0.2) is 29.2 Å². The van der Waals surface area contributed by atoms with Crippen LogP contribution in [0.1, 0.15) is 11.9 Å². The van der Waals surface area contributed by atoms with Crippen LogP contribution in [0, 0.1) is 0 Å². The van der Waals surface area contributed by atoms with Crippen molar-refractivity contribution in [3.05, 3.63) is 58.9 Å². The Morgan fingerprint density at radius 1 is 0.963 bits per heavy atom. The lowest BCUT2D eigenvalue weighted by Gasteiger charge is -2.12. The highest BCUT2D eigenvalue weighted by molar-refractivity contribution is 7.09. The van der Waals surface area contributed by atoms with E-state index in [-0.39, 0.29) is 0 Å². The Labute approximate surface area is 162 Å². The second-order valence-corrected chi connectivity index (χ2v) is 7.37. The van der Waals surface area contributed by atoms with Gasteiger partial charge in [-0.2, -0.15) is 4.98 Å². The zero-order valence-electron chi connectivity index (χ0n) is 15.5. The Bertz CT molecular complexity index is 1050. The third kappa shape index (κ3) is 3.61. The summed E-state index contributed by atoms with van der Waals surface area (Å²) in [4.78, 5) is 11.2. The molecule has 0 spiro atoms. The highest BCUT2D eigenvalue weighted by Crippen LogP contribution is 2.27. The topological polar surface area (TPSA) is 55.1 Å². The second kappa shape index (κ2) is 7.32. The lowest BCUT2D eigenvalue weighted by Crippen LogP contribution is -2.08. The number of rotatable bonds is 5. The van der Waals surface area contributed by atoms with Gasteiger partial charge in [-0.05, 0) is 24.6 Å². The van der Waals surface area contributed by atoms with Crippen molar-refractivity contribution < 1.29 is 4.52 Å². The molecule has 2 aromatic heterocycles. The zero-order valence-corrected chi connectivity index (χ0v) is 16.3. The number of aryl methyl sites for hydroxylation is 1. The van der Waals surface area contributed by atoms with Crippen LogP contribution in [-0.2, 0) is 6.42 Å². The lowest BCUT2D eigenvalue weighted by atomic mass is 10.1. The van der Waals surface area contributed by atoms with Crippen LogP contribution in [0.2, 0.25) is 0 Å². The molecule has 2 heterocycles. The Morgan fingerprint density at radius 3 is 2.44 bits per heavy atom. The predicted molar refractivity (Wildman–Crippen MR) is 110 cm³/mol. The molecule has 0 aliphatic carbocycles. The average molecular weight is 376 g/mol. The number of thiazole rings is 1. The van der Waals surface area contributed by atoms with E-state index in [1.807, 2.05) is 67.5 Å². The van der Waals surface area contributed by atoms with Crippen LogP contribution >= 0.6 is 11.3 Å². The molecule has 0 unspecified atom stereocenters. The molecule has 0 aliphatic rings. The van der Waals surface area contributed by atoms with E-state index >= 15 is 0 Å². The quantitative estimate of drug-likeness (QED) is 0.482. The molecule has 27 heavy (non-hydrogen) atoms. The minimum absolute atomic E-state index is 0.518. The van der Waals surface area contributed by atoms with E-state index in [2.05, 4.69) is 27.4 Å². The van der Waals surface area contributed by atoms with Gasteiger partial charge >= 0.3 is 0 Å². The molecule has 0 amide bonds. The van der Waals surface area contributed by atoms with Crippen molar-refractivity contribution in [2.45, 2.75) is 13.3 Å². The van der Waals surface area contributed by atoms with Crippen LogP contribution in [0.5, 0.6) is 0 Å². The third-order valence-corrected chi connectivity index (χ3v) is 5.32. The maximum atomic E-state index is 5.48. The molecule has 6 heteroatoms. The Balaban J connectivity index is 1.59. The summed E-state index contributed by atoms with van der Waals surface area (Å²) < 4.78 is 5.48. The summed E-state index contributed by atoms with van der Waals surface area (Å²) in [5.74, 6) is 1.10. The Hall–Kier alpha value is -2.99. The second-order valence-electron chi connectivity index (χ2n) is 6.43. The number of benzene rings is 2. The first-order chi connectivity index (χ1) is 13.1. The maximum Gasteiger partial charge on any atom is 0.258 e. The van der Waals surface area contributed by atoms with Gasteiger partial charge in [-0.15, -0.1) is 11.3 Å². The van der Waals surface area contributed by atoms with E-state index < -0.39 is 0 Å². The largest absolute Gasteiger partial charge is 0.378 e. The minimum Gasteiger partial charge on any atom is -0.378 e. The fraction of sp³-hybridized carbons (Fsp3) is 0.190. The molecule has 0 radical (unpaired) electrons. The summed E-state index contributed by atoms with van der Waals surface area (Å²) in [5, 5.41) is 7.39. The van der Waals surface area contributed by atoms with Gasteiger partial charge < -0.3 is 9.42 Å². The first kappa shape index (κ1) is 17.4. The van der Waals surface area contributed by atoms with E-state index in [1.54, 1.807) is 11.3 Å². The number of anilines is 1. The molecule has 4 aromatic rings. The van der Waals surface area contributed by atoms with Gasteiger partial charge in [0.1, 0.15) is 0 Å². The first-order valence-electron chi connectivity index (χ1n) is 8.80. The van der Waals surface area contributed by atoms with Gasteiger partial charge in [0.25, 0.3) is 5.89 Å². The molecule has 0 saturated carbocycles. The van der Waals surface area contributed by atoms with Gasteiger partial charge in [-0.25, -0.2) is 4.98 Å². The summed E-state index contributed by atoms with van der Waals surface area (Å²) in [6.07, 6.45) is 0.962. The van der Waals surface area contributed by atoms with Crippen molar-refractivity contribution in [2.24, 2.45) is 0 Å². The van der Waals surface area contributed by atoms with Crippen molar-refractivity contribution in [1.29, 1.82) is 0 Å². The van der Waals surface area contributed by atoms with Crippen LogP contribution in [0.25, 0.3) is 34.1 Å². The molecule has 2 aromatic carbocycles. The lowest BCUT2D eigenvalue weighted by molar-refractivity contribution is 0.432. The number of aromatic nitrogens is 3. The third-order valence-electron chi connectivity index (χ3n) is 4.33. The van der Waals surface area contributed by atoms with Crippen LogP contribution in [0.4, 0.5) is 5.69 Å². The highest BCUT2D eigenvalue weighted by Gasteiger charge is 2.12. The standard InChI is InChI=1S/C21H20N4OS/c1-4-19-22-18(13-27-19)14-8-10-15(11-9-14)20-23-21(26-24-20)16-6-5-7-17(12-16)25(2)3/h5-13H,4H2,1-3H3. The van der Waals surface area contributed by atoms with Crippen LogP contribution < -0.4 is 4.90 Å². The zero-order chi connectivity index (χ0) is 18.8. The van der Waals surface area contributed by atoms with Gasteiger partial charge in [0.05, 0.1) is 10.7 Å². The molecule has 136 valence electrons. The van der Waals surface area contributed by atoms with E-state index in [4.69, 9.17) is 4.52 Å². The van der Waals surface area contributed by atoms with Gasteiger partial charge in [0, 0.05) is 41.9 Å². The summed E-state index contributed by atoms with van der Waals surface area (Å²) in [6.45, 7) is 2.12. The average Bonchev–Trinajstić information content (AvgIpc) is 3.38. The molecule has 5 nitrogen and oxygen atoms in total. The fourth-order valence-corrected chi connectivity index (χ4v) is 3.53. The molecule has 0 aliphatic heterocycles. The van der Waals surface area contributed by atoms with Gasteiger partial charge in [0.2, 0.25) is 5.82 Å².